The Morgan fingerprint density at radius 1 is 0.885 bits per heavy atom. The molecule has 1 aliphatic heterocycles. The number of para-hydroxylation sites is 1. The first-order valence-electron chi connectivity index (χ1n) is 9.18. The van der Waals surface area contributed by atoms with Gasteiger partial charge in [0.25, 0.3) is 0 Å². The van der Waals surface area contributed by atoms with E-state index in [0.29, 0.717) is 11.8 Å². The number of allylic oxidation sites excluding steroid dienone is 2. The normalized spacial score (nSPS) is 23.2. The average molecular weight is 341 g/mol. The number of halogens is 1. The molecule has 26 heavy (non-hydrogen) atoms. The van der Waals surface area contributed by atoms with Crippen LogP contribution in [0.3, 0.4) is 0 Å². The van der Waals surface area contributed by atoms with Crippen LogP contribution in [0.4, 0.5) is 10.1 Å². The van der Waals surface area contributed by atoms with E-state index in [4.69, 9.17) is 0 Å². The SMILES string of the molecule is Fc1cccc([C@@H]2Nc3c(-c4ccccc4)cccc3[C@@H]3C=CC[C@H]32)c1. The first kappa shape index (κ1) is 15.4. The molecule has 2 heteroatoms. The van der Waals surface area contributed by atoms with Gasteiger partial charge in [-0.05, 0) is 41.2 Å². The monoisotopic (exact) mass is 341 g/mol. The van der Waals surface area contributed by atoms with E-state index < -0.39 is 0 Å². The lowest BCUT2D eigenvalue weighted by Gasteiger charge is -2.38. The van der Waals surface area contributed by atoms with Gasteiger partial charge >= 0.3 is 0 Å². The van der Waals surface area contributed by atoms with E-state index in [1.165, 1.54) is 28.4 Å². The molecule has 1 nitrogen and oxygen atoms in total. The largest absolute Gasteiger partial charge is 0.377 e. The van der Waals surface area contributed by atoms with Crippen LogP contribution in [0.2, 0.25) is 0 Å². The van der Waals surface area contributed by atoms with Gasteiger partial charge in [0.05, 0.1) is 6.04 Å². The fourth-order valence-corrected chi connectivity index (χ4v) is 4.51. The number of hydrogen-bond donors (Lipinski definition) is 1. The van der Waals surface area contributed by atoms with Gasteiger partial charge in [-0.1, -0.05) is 72.8 Å². The van der Waals surface area contributed by atoms with Gasteiger partial charge in [0, 0.05) is 17.2 Å². The van der Waals surface area contributed by atoms with Crippen molar-refractivity contribution in [3.8, 4) is 11.1 Å². The predicted molar refractivity (Wildman–Crippen MR) is 105 cm³/mol. The van der Waals surface area contributed by atoms with Crippen LogP contribution in [0.5, 0.6) is 0 Å². The molecular weight excluding hydrogens is 321 g/mol. The molecule has 0 unspecified atom stereocenters. The molecular formula is C24H20FN. The maximum atomic E-state index is 13.9. The first-order valence-corrected chi connectivity index (χ1v) is 9.18. The fraction of sp³-hybridized carbons (Fsp3) is 0.167. The lowest BCUT2D eigenvalue weighted by atomic mass is 9.76. The van der Waals surface area contributed by atoms with E-state index in [1.807, 2.05) is 18.2 Å². The highest BCUT2D eigenvalue weighted by molar-refractivity contribution is 5.82. The predicted octanol–water partition coefficient (Wildman–Crippen LogP) is 6.32. The smallest absolute Gasteiger partial charge is 0.123 e. The molecule has 3 aromatic carbocycles. The van der Waals surface area contributed by atoms with E-state index in [9.17, 15) is 4.39 Å². The molecule has 128 valence electrons. The van der Waals surface area contributed by atoms with E-state index >= 15 is 0 Å². The van der Waals surface area contributed by atoms with Gasteiger partial charge in [0.15, 0.2) is 0 Å². The van der Waals surface area contributed by atoms with Crippen LogP contribution in [-0.4, -0.2) is 0 Å². The number of nitrogens with one attached hydrogen (secondary N) is 1. The van der Waals surface area contributed by atoms with Crippen molar-refractivity contribution in [3.05, 3.63) is 102 Å². The Bertz CT molecular complexity index is 977. The Hall–Kier alpha value is -2.87. The van der Waals surface area contributed by atoms with Crippen molar-refractivity contribution in [2.24, 2.45) is 5.92 Å². The lowest BCUT2D eigenvalue weighted by molar-refractivity contribution is 0.424. The minimum Gasteiger partial charge on any atom is -0.377 e. The van der Waals surface area contributed by atoms with Gasteiger partial charge in [-0.2, -0.15) is 0 Å². The second kappa shape index (κ2) is 6.14. The molecule has 0 saturated heterocycles. The summed E-state index contributed by atoms with van der Waals surface area (Å²) in [6, 6.07) is 24.1. The molecule has 0 saturated carbocycles. The highest BCUT2D eigenvalue weighted by Gasteiger charge is 2.38. The van der Waals surface area contributed by atoms with Crippen molar-refractivity contribution >= 4 is 5.69 Å². The van der Waals surface area contributed by atoms with Crippen molar-refractivity contribution in [1.29, 1.82) is 0 Å². The molecule has 0 fully saturated rings. The molecule has 3 aromatic rings. The Morgan fingerprint density at radius 2 is 1.73 bits per heavy atom. The molecule has 0 bridgehead atoms. The second-order valence-electron chi connectivity index (χ2n) is 7.17. The molecule has 2 aliphatic rings. The zero-order chi connectivity index (χ0) is 17.5. The Labute approximate surface area is 153 Å². The van der Waals surface area contributed by atoms with Crippen molar-refractivity contribution in [2.75, 3.05) is 5.32 Å². The summed E-state index contributed by atoms with van der Waals surface area (Å²) in [6.07, 6.45) is 5.62. The Morgan fingerprint density at radius 3 is 2.58 bits per heavy atom. The standard InChI is InChI=1S/C24H20FN/c25-18-10-4-9-17(15-18)23-21-13-6-12-20(21)22-14-5-11-19(24(22)26-23)16-7-2-1-3-8-16/h1-12,14-15,20-21,23,26H,13H2/t20-,21-,23+/m1/s1. The molecule has 0 aromatic heterocycles. The molecule has 0 radical (unpaired) electrons. The number of fused-ring (bicyclic) bond motifs is 3. The maximum Gasteiger partial charge on any atom is 0.123 e. The van der Waals surface area contributed by atoms with Crippen LogP contribution in [-0.2, 0) is 0 Å². The topological polar surface area (TPSA) is 12.0 Å². The summed E-state index contributed by atoms with van der Waals surface area (Å²) in [5.41, 5.74) is 5.97. The zero-order valence-corrected chi connectivity index (χ0v) is 14.4. The molecule has 1 N–H and O–H groups in total. The van der Waals surface area contributed by atoms with Gasteiger partial charge in [0.1, 0.15) is 5.82 Å². The zero-order valence-electron chi connectivity index (χ0n) is 14.4. The summed E-state index contributed by atoms with van der Waals surface area (Å²) in [6.45, 7) is 0. The average Bonchev–Trinajstić information content (AvgIpc) is 3.18. The Kier molecular flexibility index (Phi) is 3.63. The fourth-order valence-electron chi connectivity index (χ4n) is 4.51. The van der Waals surface area contributed by atoms with E-state index in [1.54, 1.807) is 6.07 Å². The third-order valence-corrected chi connectivity index (χ3v) is 5.69. The van der Waals surface area contributed by atoms with Crippen LogP contribution < -0.4 is 5.32 Å². The highest BCUT2D eigenvalue weighted by Crippen LogP contribution is 2.52. The van der Waals surface area contributed by atoms with Gasteiger partial charge in [0.2, 0.25) is 0 Å². The Balaban J connectivity index is 1.66. The van der Waals surface area contributed by atoms with Gasteiger partial charge in [-0.3, -0.25) is 0 Å². The van der Waals surface area contributed by atoms with Crippen molar-refractivity contribution in [3.63, 3.8) is 0 Å². The van der Waals surface area contributed by atoms with E-state index in [2.05, 4.69) is 59.9 Å². The molecule has 1 heterocycles. The molecule has 5 rings (SSSR count). The second-order valence-corrected chi connectivity index (χ2v) is 7.17. The summed E-state index contributed by atoms with van der Waals surface area (Å²) in [7, 11) is 0. The highest BCUT2D eigenvalue weighted by atomic mass is 19.1. The summed E-state index contributed by atoms with van der Waals surface area (Å²) in [5.74, 6) is 0.632. The summed E-state index contributed by atoms with van der Waals surface area (Å²) >= 11 is 0. The van der Waals surface area contributed by atoms with Gasteiger partial charge in [-0.25, -0.2) is 4.39 Å². The third-order valence-electron chi connectivity index (χ3n) is 5.69. The minimum atomic E-state index is -0.172. The van der Waals surface area contributed by atoms with Crippen molar-refractivity contribution < 1.29 is 4.39 Å². The summed E-state index contributed by atoms with van der Waals surface area (Å²) < 4.78 is 13.9. The van der Waals surface area contributed by atoms with Crippen LogP contribution >= 0.6 is 0 Å². The molecule has 0 amide bonds. The molecule has 0 spiro atoms. The van der Waals surface area contributed by atoms with Crippen molar-refractivity contribution in [2.45, 2.75) is 18.4 Å². The van der Waals surface area contributed by atoms with E-state index in [-0.39, 0.29) is 11.9 Å². The maximum absolute atomic E-state index is 13.9. The van der Waals surface area contributed by atoms with E-state index in [0.717, 1.165) is 12.0 Å². The quantitative estimate of drug-likeness (QED) is 0.538. The van der Waals surface area contributed by atoms with Gasteiger partial charge < -0.3 is 5.32 Å². The number of hydrogen-bond acceptors (Lipinski definition) is 1. The molecule has 1 aliphatic carbocycles. The minimum absolute atomic E-state index is 0.114. The summed E-state index contributed by atoms with van der Waals surface area (Å²) in [4.78, 5) is 0. The van der Waals surface area contributed by atoms with Crippen LogP contribution in [0.25, 0.3) is 11.1 Å². The van der Waals surface area contributed by atoms with Crippen molar-refractivity contribution in [1.82, 2.24) is 0 Å². The van der Waals surface area contributed by atoms with Crippen LogP contribution in [0.15, 0.2) is 84.9 Å². The van der Waals surface area contributed by atoms with Gasteiger partial charge in [-0.15, -0.1) is 0 Å². The van der Waals surface area contributed by atoms with Crippen LogP contribution in [0.1, 0.15) is 29.5 Å². The summed E-state index contributed by atoms with van der Waals surface area (Å²) in [5, 5.41) is 3.77. The lowest BCUT2D eigenvalue weighted by Crippen LogP contribution is -2.29. The number of rotatable bonds is 2. The number of anilines is 1. The first-order chi connectivity index (χ1) is 12.8. The van der Waals surface area contributed by atoms with Crippen LogP contribution in [0, 0.1) is 11.7 Å². The number of benzene rings is 3. The molecule has 3 atom stereocenters. The third kappa shape index (κ3) is 2.45.